The predicted molar refractivity (Wildman–Crippen MR) is 110 cm³/mol. The Kier molecular flexibility index (Phi) is 6.30. The molecule has 0 aliphatic rings. The van der Waals surface area contributed by atoms with Gasteiger partial charge in [-0.1, -0.05) is 66.9 Å². The van der Waals surface area contributed by atoms with Crippen LogP contribution >= 0.6 is 34.5 Å². The number of halogens is 2. The van der Waals surface area contributed by atoms with Crippen LogP contribution in [0.2, 0.25) is 10.0 Å². The largest absolute Gasteiger partial charge is 0.302 e. The van der Waals surface area contributed by atoms with Gasteiger partial charge in [0.2, 0.25) is 5.91 Å². The number of carbonyl (C=O) groups is 1. The van der Waals surface area contributed by atoms with Crippen molar-refractivity contribution >= 4 is 45.6 Å². The van der Waals surface area contributed by atoms with Crippen LogP contribution in [0.3, 0.4) is 0 Å². The van der Waals surface area contributed by atoms with E-state index in [1.54, 1.807) is 18.2 Å². The number of nitrogens with zero attached hydrogens (tertiary/aromatic N) is 1. The molecule has 3 nitrogen and oxygen atoms in total. The quantitative estimate of drug-likeness (QED) is 0.527. The Morgan fingerprint density at radius 2 is 1.81 bits per heavy atom. The molecule has 0 unspecified atom stereocenters. The van der Waals surface area contributed by atoms with E-state index < -0.39 is 0 Å². The lowest BCUT2D eigenvalue weighted by Crippen LogP contribution is -2.14. The standard InChI is InChI=1S/C20H18Cl2N2OS/c1-2-4-13-7-9-14(10-8-13)18-12-26-20(23-18)24-19(25)11-15-16(21)5-3-6-17(15)22/h3,5-10,12H,2,4,11H2,1H3,(H,23,24,25). The van der Waals surface area contributed by atoms with Crippen molar-refractivity contribution in [3.05, 3.63) is 69.0 Å². The van der Waals surface area contributed by atoms with Gasteiger partial charge in [-0.05, 0) is 29.7 Å². The maximum absolute atomic E-state index is 12.3. The summed E-state index contributed by atoms with van der Waals surface area (Å²) in [7, 11) is 0. The Balaban J connectivity index is 1.67. The first-order chi connectivity index (χ1) is 12.6. The van der Waals surface area contributed by atoms with Crippen LogP contribution < -0.4 is 5.32 Å². The van der Waals surface area contributed by atoms with Gasteiger partial charge in [0.15, 0.2) is 5.13 Å². The van der Waals surface area contributed by atoms with E-state index in [0.717, 1.165) is 24.1 Å². The number of aryl methyl sites for hydroxylation is 1. The van der Waals surface area contributed by atoms with Gasteiger partial charge >= 0.3 is 0 Å². The maximum Gasteiger partial charge on any atom is 0.230 e. The number of amides is 1. The van der Waals surface area contributed by atoms with Crippen molar-refractivity contribution in [3.63, 3.8) is 0 Å². The first-order valence-electron chi connectivity index (χ1n) is 8.34. The average molecular weight is 405 g/mol. The van der Waals surface area contributed by atoms with Gasteiger partial charge in [-0.2, -0.15) is 0 Å². The first kappa shape index (κ1) is 18.9. The fourth-order valence-corrected chi connectivity index (χ4v) is 3.89. The molecule has 2 aromatic carbocycles. The molecule has 1 heterocycles. The molecule has 0 fully saturated rings. The predicted octanol–water partition coefficient (Wildman–Crippen LogP) is 6.25. The third-order valence-corrected chi connectivity index (χ3v) is 5.40. The van der Waals surface area contributed by atoms with E-state index in [2.05, 4.69) is 41.5 Å². The second-order valence-electron chi connectivity index (χ2n) is 5.91. The number of aromatic nitrogens is 1. The van der Waals surface area contributed by atoms with E-state index in [4.69, 9.17) is 23.2 Å². The van der Waals surface area contributed by atoms with Crippen LogP contribution in [0.25, 0.3) is 11.3 Å². The van der Waals surface area contributed by atoms with E-state index >= 15 is 0 Å². The summed E-state index contributed by atoms with van der Waals surface area (Å²) < 4.78 is 0. The number of hydrogen-bond acceptors (Lipinski definition) is 3. The van der Waals surface area contributed by atoms with Crippen molar-refractivity contribution in [2.24, 2.45) is 0 Å². The van der Waals surface area contributed by atoms with Gasteiger partial charge in [0.1, 0.15) is 0 Å². The minimum atomic E-state index is -0.195. The Labute approximate surface area is 167 Å². The lowest BCUT2D eigenvalue weighted by molar-refractivity contribution is -0.115. The zero-order chi connectivity index (χ0) is 18.5. The molecule has 0 radical (unpaired) electrons. The molecular formula is C20H18Cl2N2OS. The lowest BCUT2D eigenvalue weighted by Gasteiger charge is -2.06. The van der Waals surface area contributed by atoms with Crippen LogP contribution in [0.4, 0.5) is 5.13 Å². The van der Waals surface area contributed by atoms with Crippen molar-refractivity contribution in [1.29, 1.82) is 0 Å². The molecule has 0 saturated carbocycles. The third kappa shape index (κ3) is 4.64. The number of thiazole rings is 1. The highest BCUT2D eigenvalue weighted by Gasteiger charge is 2.13. The molecule has 6 heteroatoms. The number of anilines is 1. The van der Waals surface area contributed by atoms with Crippen molar-refractivity contribution in [2.75, 3.05) is 5.32 Å². The van der Waals surface area contributed by atoms with Crippen LogP contribution in [0.15, 0.2) is 47.8 Å². The van der Waals surface area contributed by atoms with Crippen molar-refractivity contribution in [2.45, 2.75) is 26.2 Å². The minimum absolute atomic E-state index is 0.110. The van der Waals surface area contributed by atoms with Crippen LogP contribution in [0, 0.1) is 0 Å². The molecule has 0 saturated heterocycles. The van der Waals surface area contributed by atoms with E-state index in [-0.39, 0.29) is 12.3 Å². The van der Waals surface area contributed by atoms with E-state index in [1.165, 1.54) is 16.9 Å². The Morgan fingerprint density at radius 1 is 1.12 bits per heavy atom. The van der Waals surface area contributed by atoms with E-state index in [9.17, 15) is 4.79 Å². The Hall–Kier alpha value is -1.88. The zero-order valence-corrected chi connectivity index (χ0v) is 16.6. The zero-order valence-electron chi connectivity index (χ0n) is 14.3. The molecule has 1 amide bonds. The monoisotopic (exact) mass is 404 g/mol. The molecule has 134 valence electrons. The van der Waals surface area contributed by atoms with Gasteiger partial charge in [0, 0.05) is 21.0 Å². The summed E-state index contributed by atoms with van der Waals surface area (Å²) in [4.78, 5) is 16.8. The molecule has 3 aromatic rings. The minimum Gasteiger partial charge on any atom is -0.302 e. The lowest BCUT2D eigenvalue weighted by atomic mass is 10.1. The molecule has 1 aromatic heterocycles. The van der Waals surface area contributed by atoms with Gasteiger partial charge in [0.05, 0.1) is 12.1 Å². The fraction of sp³-hybridized carbons (Fsp3) is 0.200. The Morgan fingerprint density at radius 3 is 2.46 bits per heavy atom. The highest BCUT2D eigenvalue weighted by Crippen LogP contribution is 2.27. The summed E-state index contributed by atoms with van der Waals surface area (Å²) in [5.74, 6) is -0.195. The van der Waals surface area contributed by atoms with Gasteiger partial charge in [0.25, 0.3) is 0 Å². The summed E-state index contributed by atoms with van der Waals surface area (Å²) in [6.07, 6.45) is 2.31. The smallest absolute Gasteiger partial charge is 0.230 e. The highest BCUT2D eigenvalue weighted by atomic mass is 35.5. The second-order valence-corrected chi connectivity index (χ2v) is 7.58. The number of benzene rings is 2. The summed E-state index contributed by atoms with van der Waals surface area (Å²) in [6.45, 7) is 2.17. The molecule has 3 rings (SSSR count). The normalized spacial score (nSPS) is 10.7. The van der Waals surface area contributed by atoms with Gasteiger partial charge in [-0.15, -0.1) is 11.3 Å². The number of nitrogens with one attached hydrogen (secondary N) is 1. The topological polar surface area (TPSA) is 42.0 Å². The van der Waals surface area contributed by atoms with Gasteiger partial charge in [-0.3, -0.25) is 4.79 Å². The Bertz CT molecular complexity index is 886. The molecule has 1 N–H and O–H groups in total. The average Bonchev–Trinajstić information content (AvgIpc) is 3.08. The van der Waals surface area contributed by atoms with Crippen LogP contribution in [-0.4, -0.2) is 10.9 Å². The maximum atomic E-state index is 12.3. The van der Waals surface area contributed by atoms with Crippen molar-refractivity contribution in [3.8, 4) is 11.3 Å². The van der Waals surface area contributed by atoms with Crippen molar-refractivity contribution < 1.29 is 4.79 Å². The molecule has 26 heavy (non-hydrogen) atoms. The number of carbonyl (C=O) groups excluding carboxylic acids is 1. The molecule has 0 atom stereocenters. The van der Waals surface area contributed by atoms with Crippen LogP contribution in [-0.2, 0) is 17.6 Å². The van der Waals surface area contributed by atoms with E-state index in [1.807, 2.05) is 5.38 Å². The highest BCUT2D eigenvalue weighted by molar-refractivity contribution is 7.14. The van der Waals surface area contributed by atoms with E-state index in [0.29, 0.717) is 20.7 Å². The summed E-state index contributed by atoms with van der Waals surface area (Å²) >= 11 is 13.6. The number of hydrogen-bond donors (Lipinski definition) is 1. The number of rotatable bonds is 6. The molecule has 0 bridgehead atoms. The molecule has 0 aliphatic heterocycles. The van der Waals surface area contributed by atoms with Gasteiger partial charge < -0.3 is 5.32 Å². The SMILES string of the molecule is CCCc1ccc(-c2csc(NC(=O)Cc3c(Cl)cccc3Cl)n2)cc1. The third-order valence-electron chi connectivity index (χ3n) is 3.94. The summed E-state index contributed by atoms with van der Waals surface area (Å²) in [5.41, 5.74) is 3.83. The summed E-state index contributed by atoms with van der Waals surface area (Å²) in [6, 6.07) is 13.6. The van der Waals surface area contributed by atoms with Crippen LogP contribution in [0.5, 0.6) is 0 Å². The van der Waals surface area contributed by atoms with Crippen LogP contribution in [0.1, 0.15) is 24.5 Å². The van der Waals surface area contributed by atoms with Gasteiger partial charge in [-0.25, -0.2) is 4.98 Å². The summed E-state index contributed by atoms with van der Waals surface area (Å²) in [5, 5.41) is 6.29. The second kappa shape index (κ2) is 8.67. The van der Waals surface area contributed by atoms with Crippen molar-refractivity contribution in [1.82, 2.24) is 4.98 Å². The first-order valence-corrected chi connectivity index (χ1v) is 9.98. The molecule has 0 spiro atoms. The molecular weight excluding hydrogens is 387 g/mol. The fourth-order valence-electron chi connectivity index (χ4n) is 2.62. The molecule has 0 aliphatic carbocycles.